The van der Waals surface area contributed by atoms with Crippen LogP contribution in [0.1, 0.15) is 66.6 Å². The highest BCUT2D eigenvalue weighted by Gasteiger charge is 2.35. The van der Waals surface area contributed by atoms with E-state index in [2.05, 4.69) is 15.6 Å². The van der Waals surface area contributed by atoms with E-state index in [1.165, 1.54) is 12.8 Å². The molecule has 1 amide bonds. The number of aromatic nitrogens is 3. The zero-order valence-corrected chi connectivity index (χ0v) is 12.9. The smallest absolute Gasteiger partial charge is 0.226 e. The van der Waals surface area contributed by atoms with E-state index in [4.69, 9.17) is 4.52 Å². The molecule has 1 atom stereocenters. The zero-order valence-electron chi connectivity index (χ0n) is 12.9. The Kier molecular flexibility index (Phi) is 3.06. The number of hydrogen-bond donors (Lipinski definition) is 1. The van der Waals surface area contributed by atoms with Gasteiger partial charge in [-0.3, -0.25) is 4.79 Å². The number of fused-ring (bicyclic) bond motifs is 1. The minimum absolute atomic E-state index is 0.00912. The lowest BCUT2D eigenvalue weighted by Crippen LogP contribution is -2.26. The van der Waals surface area contributed by atoms with Gasteiger partial charge in [-0.2, -0.15) is 5.10 Å². The number of hydrogen-bond acceptors (Lipinski definition) is 4. The zero-order chi connectivity index (χ0) is 15.3. The van der Waals surface area contributed by atoms with Crippen LogP contribution in [0.4, 0.5) is 5.82 Å². The summed E-state index contributed by atoms with van der Waals surface area (Å²) in [7, 11) is 0. The first-order chi connectivity index (χ1) is 10.6. The van der Waals surface area contributed by atoms with Crippen molar-refractivity contribution in [3.05, 3.63) is 28.8 Å². The lowest BCUT2D eigenvalue weighted by molar-refractivity contribution is -0.116. The Morgan fingerprint density at radius 2 is 2.09 bits per heavy atom. The predicted molar refractivity (Wildman–Crippen MR) is 80.8 cm³/mol. The molecule has 2 aromatic heterocycles. The van der Waals surface area contributed by atoms with E-state index >= 15 is 0 Å². The highest BCUT2D eigenvalue weighted by molar-refractivity contribution is 5.94. The first-order valence-electron chi connectivity index (χ1n) is 7.95. The van der Waals surface area contributed by atoms with Crippen LogP contribution in [0, 0.1) is 13.8 Å². The van der Waals surface area contributed by atoms with Gasteiger partial charge in [-0.05, 0) is 26.7 Å². The number of rotatable bonds is 2. The summed E-state index contributed by atoms with van der Waals surface area (Å²) in [5.41, 5.74) is 2.97. The van der Waals surface area contributed by atoms with Crippen molar-refractivity contribution in [1.29, 1.82) is 0 Å². The summed E-state index contributed by atoms with van der Waals surface area (Å²) >= 11 is 0. The van der Waals surface area contributed by atoms with E-state index in [-0.39, 0.29) is 11.8 Å². The first kappa shape index (κ1) is 13.5. The van der Waals surface area contributed by atoms with Crippen molar-refractivity contribution in [3.63, 3.8) is 0 Å². The van der Waals surface area contributed by atoms with Crippen molar-refractivity contribution in [2.24, 2.45) is 0 Å². The van der Waals surface area contributed by atoms with Gasteiger partial charge in [-0.15, -0.1) is 0 Å². The molecule has 6 heteroatoms. The van der Waals surface area contributed by atoms with Crippen LogP contribution in [0.25, 0.3) is 0 Å². The Morgan fingerprint density at radius 3 is 2.77 bits per heavy atom. The summed E-state index contributed by atoms with van der Waals surface area (Å²) in [6.45, 7) is 3.84. The molecular formula is C16H20N4O2. The fourth-order valence-corrected chi connectivity index (χ4v) is 3.91. The predicted octanol–water partition coefficient (Wildman–Crippen LogP) is 3.08. The molecule has 22 heavy (non-hydrogen) atoms. The second-order valence-corrected chi connectivity index (χ2v) is 6.37. The molecule has 1 unspecified atom stereocenters. The standard InChI is InChI=1S/C16H20N4O2/c1-9-15(10(2)22-19-9)12-7-14(21)18-16-13(12)8-17-20(16)11-5-3-4-6-11/h8,11-12H,3-7H2,1-2H3,(H,18,21). The molecule has 4 rings (SSSR count). The van der Waals surface area contributed by atoms with E-state index < -0.39 is 0 Å². The number of aryl methyl sites for hydroxylation is 2. The van der Waals surface area contributed by atoms with Gasteiger partial charge in [0, 0.05) is 23.5 Å². The first-order valence-corrected chi connectivity index (χ1v) is 7.95. The lowest BCUT2D eigenvalue weighted by Gasteiger charge is -2.24. The Morgan fingerprint density at radius 1 is 1.32 bits per heavy atom. The van der Waals surface area contributed by atoms with Crippen molar-refractivity contribution in [2.45, 2.75) is 57.9 Å². The minimum Gasteiger partial charge on any atom is -0.361 e. The van der Waals surface area contributed by atoms with Crippen molar-refractivity contribution >= 4 is 11.7 Å². The summed E-state index contributed by atoms with van der Waals surface area (Å²) < 4.78 is 7.31. The van der Waals surface area contributed by atoms with Crippen molar-refractivity contribution in [3.8, 4) is 0 Å². The van der Waals surface area contributed by atoms with Gasteiger partial charge in [0.25, 0.3) is 0 Å². The van der Waals surface area contributed by atoms with Crippen LogP contribution in [0.3, 0.4) is 0 Å². The van der Waals surface area contributed by atoms with E-state index in [1.807, 2.05) is 24.7 Å². The third-order valence-corrected chi connectivity index (χ3v) is 4.95. The highest BCUT2D eigenvalue weighted by Crippen LogP contribution is 2.42. The summed E-state index contributed by atoms with van der Waals surface area (Å²) in [6.07, 6.45) is 7.08. The molecule has 0 radical (unpaired) electrons. The maximum Gasteiger partial charge on any atom is 0.226 e. The number of anilines is 1. The summed E-state index contributed by atoms with van der Waals surface area (Å²) in [6, 6.07) is 0.410. The molecule has 1 fully saturated rings. The third kappa shape index (κ3) is 1.97. The fourth-order valence-electron chi connectivity index (χ4n) is 3.91. The van der Waals surface area contributed by atoms with Gasteiger partial charge in [-0.25, -0.2) is 4.68 Å². The molecule has 0 bridgehead atoms. The normalized spacial score (nSPS) is 21.9. The van der Waals surface area contributed by atoms with Crippen LogP contribution >= 0.6 is 0 Å². The topological polar surface area (TPSA) is 73.0 Å². The molecule has 1 N–H and O–H groups in total. The van der Waals surface area contributed by atoms with Crippen LogP contribution < -0.4 is 5.32 Å². The molecule has 0 saturated heterocycles. The molecule has 6 nitrogen and oxygen atoms in total. The molecule has 0 aromatic carbocycles. The second kappa shape index (κ2) is 4.97. The quantitative estimate of drug-likeness (QED) is 0.925. The Balaban J connectivity index is 1.80. The van der Waals surface area contributed by atoms with E-state index in [9.17, 15) is 4.79 Å². The number of carbonyl (C=O) groups excluding carboxylic acids is 1. The number of nitrogens with zero attached hydrogens (tertiary/aromatic N) is 3. The minimum atomic E-state index is -0.00912. The third-order valence-electron chi connectivity index (χ3n) is 4.95. The molecular weight excluding hydrogens is 280 g/mol. The summed E-state index contributed by atoms with van der Waals surface area (Å²) in [5, 5.41) is 11.7. The van der Waals surface area contributed by atoms with Gasteiger partial charge in [-0.1, -0.05) is 18.0 Å². The fraction of sp³-hybridized carbons (Fsp3) is 0.562. The molecule has 1 saturated carbocycles. The van der Waals surface area contributed by atoms with Crippen molar-refractivity contribution < 1.29 is 9.32 Å². The van der Waals surface area contributed by atoms with Gasteiger partial charge < -0.3 is 9.84 Å². The van der Waals surface area contributed by atoms with Crippen LogP contribution in [0.15, 0.2) is 10.7 Å². The van der Waals surface area contributed by atoms with E-state index in [0.717, 1.165) is 41.2 Å². The second-order valence-electron chi connectivity index (χ2n) is 6.37. The summed E-state index contributed by atoms with van der Waals surface area (Å²) in [5.74, 6) is 1.69. The van der Waals surface area contributed by atoms with Crippen LogP contribution in [0.2, 0.25) is 0 Å². The molecule has 1 aliphatic heterocycles. The highest BCUT2D eigenvalue weighted by atomic mass is 16.5. The lowest BCUT2D eigenvalue weighted by atomic mass is 9.86. The molecule has 1 aliphatic carbocycles. The van der Waals surface area contributed by atoms with Gasteiger partial charge in [0.1, 0.15) is 11.6 Å². The Labute approximate surface area is 128 Å². The van der Waals surface area contributed by atoms with Gasteiger partial charge >= 0.3 is 0 Å². The number of amides is 1. The average molecular weight is 300 g/mol. The van der Waals surface area contributed by atoms with Gasteiger partial charge in [0.05, 0.1) is 17.9 Å². The number of nitrogens with one attached hydrogen (secondary N) is 1. The van der Waals surface area contributed by atoms with E-state index in [1.54, 1.807) is 0 Å². The van der Waals surface area contributed by atoms with E-state index in [0.29, 0.717) is 12.5 Å². The maximum atomic E-state index is 12.2. The van der Waals surface area contributed by atoms with Crippen molar-refractivity contribution in [2.75, 3.05) is 5.32 Å². The Bertz CT molecular complexity index is 705. The molecule has 3 heterocycles. The van der Waals surface area contributed by atoms with Gasteiger partial charge in [0.15, 0.2) is 0 Å². The van der Waals surface area contributed by atoms with Crippen molar-refractivity contribution in [1.82, 2.24) is 14.9 Å². The van der Waals surface area contributed by atoms with Crippen LogP contribution in [-0.4, -0.2) is 20.8 Å². The Hall–Kier alpha value is -2.11. The monoisotopic (exact) mass is 300 g/mol. The largest absolute Gasteiger partial charge is 0.361 e. The maximum absolute atomic E-state index is 12.2. The average Bonchev–Trinajstić information content (AvgIpc) is 3.18. The van der Waals surface area contributed by atoms with Crippen LogP contribution in [0.5, 0.6) is 0 Å². The number of carbonyl (C=O) groups is 1. The molecule has 0 spiro atoms. The molecule has 116 valence electrons. The SMILES string of the molecule is Cc1noc(C)c1C1CC(=O)Nc2c1cnn2C1CCCC1. The summed E-state index contributed by atoms with van der Waals surface area (Å²) in [4.78, 5) is 12.2. The van der Waals surface area contributed by atoms with Crippen LogP contribution in [-0.2, 0) is 4.79 Å². The molecule has 2 aliphatic rings. The molecule has 2 aromatic rings. The van der Waals surface area contributed by atoms with Gasteiger partial charge in [0.2, 0.25) is 5.91 Å².